The first-order valence-corrected chi connectivity index (χ1v) is 8.76. The van der Waals surface area contributed by atoms with E-state index in [0.717, 1.165) is 16.5 Å². The van der Waals surface area contributed by atoms with Crippen molar-refractivity contribution in [3.8, 4) is 0 Å². The van der Waals surface area contributed by atoms with Gasteiger partial charge in [0.15, 0.2) is 0 Å². The van der Waals surface area contributed by atoms with Crippen LogP contribution in [-0.2, 0) is 23.6 Å². The smallest absolute Gasteiger partial charge is 0.243 e. The van der Waals surface area contributed by atoms with E-state index in [1.54, 1.807) is 12.1 Å². The Labute approximate surface area is 135 Å². The number of nitrogens with one attached hydrogen (secondary N) is 1. The van der Waals surface area contributed by atoms with Gasteiger partial charge in [0, 0.05) is 35.9 Å². The SMILES string of the molecule is Cc1c(S(=O)(=O)NCc2cccc(N)c2)c2ccccc2n1C. The molecule has 2 aromatic carbocycles. The van der Waals surface area contributed by atoms with Gasteiger partial charge < -0.3 is 10.3 Å². The first-order valence-electron chi connectivity index (χ1n) is 7.28. The van der Waals surface area contributed by atoms with Gasteiger partial charge in [-0.2, -0.15) is 0 Å². The summed E-state index contributed by atoms with van der Waals surface area (Å²) in [4.78, 5) is 0.333. The van der Waals surface area contributed by atoms with Gasteiger partial charge >= 0.3 is 0 Å². The molecule has 0 bridgehead atoms. The molecular weight excluding hydrogens is 310 g/mol. The lowest BCUT2D eigenvalue weighted by Gasteiger charge is -2.08. The second-order valence-corrected chi connectivity index (χ2v) is 7.26. The summed E-state index contributed by atoms with van der Waals surface area (Å²) in [6.45, 7) is 2.02. The van der Waals surface area contributed by atoms with Crippen LogP contribution in [-0.4, -0.2) is 13.0 Å². The Morgan fingerprint density at radius 1 is 1.13 bits per heavy atom. The zero-order valence-electron chi connectivity index (χ0n) is 13.1. The molecule has 0 aliphatic rings. The average molecular weight is 329 g/mol. The van der Waals surface area contributed by atoms with Crippen LogP contribution in [0.4, 0.5) is 5.69 Å². The van der Waals surface area contributed by atoms with E-state index >= 15 is 0 Å². The van der Waals surface area contributed by atoms with Crippen LogP contribution < -0.4 is 10.5 Å². The van der Waals surface area contributed by atoms with Crippen LogP contribution in [0.15, 0.2) is 53.4 Å². The van der Waals surface area contributed by atoms with Crippen molar-refractivity contribution in [2.24, 2.45) is 7.05 Å². The standard InChI is InChI=1S/C17H19N3O2S/c1-12-17(15-8-3-4-9-16(15)20(12)2)23(21,22)19-11-13-6-5-7-14(18)10-13/h3-10,19H,11,18H2,1-2H3. The van der Waals surface area contributed by atoms with Gasteiger partial charge in [0.1, 0.15) is 4.90 Å². The number of aryl methyl sites for hydroxylation is 1. The third-order valence-electron chi connectivity index (χ3n) is 4.03. The molecule has 0 amide bonds. The predicted octanol–water partition coefficient (Wildman–Crippen LogP) is 2.55. The van der Waals surface area contributed by atoms with Gasteiger partial charge in [-0.3, -0.25) is 0 Å². The topological polar surface area (TPSA) is 77.1 Å². The van der Waals surface area contributed by atoms with Gasteiger partial charge in [0.05, 0.1) is 0 Å². The van der Waals surface area contributed by atoms with Gasteiger partial charge in [-0.25, -0.2) is 13.1 Å². The summed E-state index contributed by atoms with van der Waals surface area (Å²) in [5.41, 5.74) is 8.78. The molecule has 0 atom stereocenters. The van der Waals surface area contributed by atoms with Crippen molar-refractivity contribution >= 4 is 26.6 Å². The molecule has 6 heteroatoms. The molecule has 3 N–H and O–H groups in total. The third kappa shape index (κ3) is 2.83. The zero-order valence-corrected chi connectivity index (χ0v) is 13.9. The number of nitrogens with two attached hydrogens (primary N) is 1. The number of anilines is 1. The van der Waals surface area contributed by atoms with Crippen molar-refractivity contribution in [2.75, 3.05) is 5.73 Å². The summed E-state index contributed by atoms with van der Waals surface area (Å²) >= 11 is 0. The van der Waals surface area contributed by atoms with Gasteiger partial charge in [0.2, 0.25) is 10.0 Å². The number of nitrogen functional groups attached to an aromatic ring is 1. The minimum absolute atomic E-state index is 0.204. The van der Waals surface area contributed by atoms with Crippen molar-refractivity contribution < 1.29 is 8.42 Å². The molecule has 120 valence electrons. The Morgan fingerprint density at radius 2 is 1.87 bits per heavy atom. The molecular formula is C17H19N3O2S. The molecule has 3 rings (SSSR count). The van der Waals surface area contributed by atoms with E-state index < -0.39 is 10.0 Å². The van der Waals surface area contributed by atoms with Crippen LogP contribution in [0.5, 0.6) is 0 Å². The van der Waals surface area contributed by atoms with Crippen LogP contribution in [0.1, 0.15) is 11.3 Å². The molecule has 1 aromatic heterocycles. The number of sulfonamides is 1. The fourth-order valence-corrected chi connectivity index (χ4v) is 4.27. The van der Waals surface area contributed by atoms with Crippen LogP contribution in [0, 0.1) is 6.92 Å². The summed E-state index contributed by atoms with van der Waals surface area (Å²) in [7, 11) is -1.75. The predicted molar refractivity (Wildman–Crippen MR) is 92.5 cm³/mol. The highest BCUT2D eigenvalue weighted by molar-refractivity contribution is 7.89. The van der Waals surface area contributed by atoms with E-state index in [-0.39, 0.29) is 6.54 Å². The third-order valence-corrected chi connectivity index (χ3v) is 5.60. The molecule has 0 radical (unpaired) electrons. The van der Waals surface area contributed by atoms with E-state index in [0.29, 0.717) is 16.3 Å². The fourth-order valence-electron chi connectivity index (χ4n) is 2.78. The normalized spacial score (nSPS) is 11.9. The first kappa shape index (κ1) is 15.6. The van der Waals surface area contributed by atoms with Crippen LogP contribution in [0.2, 0.25) is 0 Å². The summed E-state index contributed by atoms with van der Waals surface area (Å²) in [5.74, 6) is 0. The maximum Gasteiger partial charge on any atom is 0.243 e. The van der Waals surface area contributed by atoms with E-state index in [9.17, 15) is 8.42 Å². The molecule has 23 heavy (non-hydrogen) atoms. The Hall–Kier alpha value is -2.31. The van der Waals surface area contributed by atoms with E-state index in [2.05, 4.69) is 4.72 Å². The molecule has 0 aliphatic carbocycles. The lowest BCUT2D eigenvalue weighted by Crippen LogP contribution is -2.24. The quantitative estimate of drug-likeness (QED) is 0.722. The minimum atomic E-state index is -3.62. The highest BCUT2D eigenvalue weighted by atomic mass is 32.2. The number of benzene rings is 2. The lowest BCUT2D eigenvalue weighted by molar-refractivity contribution is 0.581. The van der Waals surface area contributed by atoms with Crippen molar-refractivity contribution in [3.05, 3.63) is 59.8 Å². The zero-order chi connectivity index (χ0) is 16.6. The number of aromatic nitrogens is 1. The lowest BCUT2D eigenvalue weighted by atomic mass is 10.2. The molecule has 0 aliphatic heterocycles. The van der Waals surface area contributed by atoms with Crippen LogP contribution >= 0.6 is 0 Å². The molecule has 0 spiro atoms. The van der Waals surface area contributed by atoms with Crippen LogP contribution in [0.3, 0.4) is 0 Å². The monoisotopic (exact) mass is 329 g/mol. The van der Waals surface area contributed by atoms with Crippen LogP contribution in [0.25, 0.3) is 10.9 Å². The number of para-hydroxylation sites is 1. The fraction of sp³-hybridized carbons (Fsp3) is 0.176. The molecule has 0 fully saturated rings. The van der Waals surface area contributed by atoms with Gasteiger partial charge in [-0.05, 0) is 30.7 Å². The van der Waals surface area contributed by atoms with Gasteiger partial charge in [-0.1, -0.05) is 30.3 Å². The number of rotatable bonds is 4. The largest absolute Gasteiger partial charge is 0.399 e. The average Bonchev–Trinajstić information content (AvgIpc) is 2.78. The van der Waals surface area contributed by atoms with Crippen molar-refractivity contribution in [2.45, 2.75) is 18.4 Å². The number of hydrogen-bond acceptors (Lipinski definition) is 3. The summed E-state index contributed by atoms with van der Waals surface area (Å²) < 4.78 is 30.1. The molecule has 3 aromatic rings. The minimum Gasteiger partial charge on any atom is -0.399 e. The second-order valence-electron chi connectivity index (χ2n) is 5.56. The van der Waals surface area contributed by atoms with E-state index in [1.165, 1.54) is 0 Å². The second kappa shape index (κ2) is 5.72. The van der Waals surface area contributed by atoms with Gasteiger partial charge in [0.25, 0.3) is 0 Å². The van der Waals surface area contributed by atoms with Crippen molar-refractivity contribution in [1.82, 2.24) is 9.29 Å². The Bertz CT molecular complexity index is 975. The van der Waals surface area contributed by atoms with Gasteiger partial charge in [-0.15, -0.1) is 0 Å². The highest BCUT2D eigenvalue weighted by Gasteiger charge is 2.23. The van der Waals surface area contributed by atoms with Crippen molar-refractivity contribution in [1.29, 1.82) is 0 Å². The maximum absolute atomic E-state index is 12.8. The molecule has 0 saturated carbocycles. The molecule has 1 heterocycles. The number of fused-ring (bicyclic) bond motifs is 1. The summed E-state index contributed by atoms with van der Waals surface area (Å²) in [6.07, 6.45) is 0. The summed E-state index contributed by atoms with van der Waals surface area (Å²) in [6, 6.07) is 14.7. The Balaban J connectivity index is 1.99. The number of hydrogen-bond donors (Lipinski definition) is 2. The molecule has 5 nitrogen and oxygen atoms in total. The summed E-state index contributed by atoms with van der Waals surface area (Å²) in [5, 5.41) is 0.729. The first-order chi connectivity index (χ1) is 10.9. The number of nitrogens with zero attached hydrogens (tertiary/aromatic N) is 1. The Kier molecular flexibility index (Phi) is 3.87. The molecule has 0 saturated heterocycles. The van der Waals surface area contributed by atoms with E-state index in [4.69, 9.17) is 5.73 Å². The van der Waals surface area contributed by atoms with E-state index in [1.807, 2.05) is 54.9 Å². The maximum atomic E-state index is 12.8. The van der Waals surface area contributed by atoms with Crippen molar-refractivity contribution in [3.63, 3.8) is 0 Å². The molecule has 0 unspecified atom stereocenters. The highest BCUT2D eigenvalue weighted by Crippen LogP contribution is 2.28. The Morgan fingerprint density at radius 3 is 2.61 bits per heavy atom.